The minimum Gasteiger partial charge on any atom is -0.470 e. The fourth-order valence-electron chi connectivity index (χ4n) is 2.84. The summed E-state index contributed by atoms with van der Waals surface area (Å²) in [4.78, 5) is 16.6. The summed E-state index contributed by atoms with van der Waals surface area (Å²) in [6.45, 7) is 2.67. The molecule has 158 valence electrons. The fraction of sp³-hybridized carbons (Fsp3) is 0.143. The van der Waals surface area contributed by atoms with E-state index in [0.29, 0.717) is 22.3 Å². The van der Waals surface area contributed by atoms with Crippen LogP contribution in [0.15, 0.2) is 61.1 Å². The number of hydrogen-bond acceptors (Lipinski definition) is 5. The third kappa shape index (κ3) is 5.04. The molecule has 31 heavy (non-hydrogen) atoms. The number of hydrogen-bond donors (Lipinski definition) is 1. The number of amides is 1. The third-order valence-electron chi connectivity index (χ3n) is 4.50. The molecule has 0 atom stereocenters. The van der Waals surface area contributed by atoms with E-state index < -0.39 is 5.91 Å². The van der Waals surface area contributed by atoms with Crippen LogP contribution in [0, 0.1) is 6.92 Å². The molecular weight excluding hydrogens is 439 g/mol. The molecule has 8 nitrogen and oxygen atoms in total. The SMILES string of the molecule is Cc1ccccc1Cn1cnc(NC(=O)c2ccn(COc3cccc(Cl)c3Cl)n2)n1. The van der Waals surface area contributed by atoms with Gasteiger partial charge in [0, 0.05) is 6.20 Å². The van der Waals surface area contributed by atoms with Gasteiger partial charge in [0.05, 0.1) is 11.6 Å². The average Bonchev–Trinajstić information content (AvgIpc) is 3.40. The Labute approximate surface area is 188 Å². The van der Waals surface area contributed by atoms with Crippen molar-refractivity contribution in [2.75, 3.05) is 5.32 Å². The Bertz CT molecular complexity index is 1220. The summed E-state index contributed by atoms with van der Waals surface area (Å²) in [6.07, 6.45) is 3.20. The molecule has 0 unspecified atom stereocenters. The highest BCUT2D eigenvalue weighted by Crippen LogP contribution is 2.31. The van der Waals surface area contributed by atoms with Crippen LogP contribution in [0.25, 0.3) is 0 Å². The number of aromatic nitrogens is 5. The molecule has 2 aromatic heterocycles. The van der Waals surface area contributed by atoms with Gasteiger partial charge in [0.1, 0.15) is 17.1 Å². The number of nitrogens with one attached hydrogen (secondary N) is 1. The zero-order chi connectivity index (χ0) is 21.8. The number of carbonyl (C=O) groups is 1. The Hall–Kier alpha value is -3.36. The van der Waals surface area contributed by atoms with Crippen LogP contribution in [-0.4, -0.2) is 30.5 Å². The van der Waals surface area contributed by atoms with Crippen molar-refractivity contribution < 1.29 is 9.53 Å². The second-order valence-corrected chi connectivity index (χ2v) is 7.50. The Morgan fingerprint density at radius 2 is 1.90 bits per heavy atom. The molecule has 10 heteroatoms. The van der Waals surface area contributed by atoms with Crippen molar-refractivity contribution in [2.45, 2.75) is 20.2 Å². The highest BCUT2D eigenvalue weighted by molar-refractivity contribution is 6.42. The van der Waals surface area contributed by atoms with Gasteiger partial charge in [0.25, 0.3) is 5.91 Å². The van der Waals surface area contributed by atoms with Crippen molar-refractivity contribution in [2.24, 2.45) is 0 Å². The van der Waals surface area contributed by atoms with Crippen molar-refractivity contribution >= 4 is 35.1 Å². The van der Waals surface area contributed by atoms with Crippen LogP contribution in [0.1, 0.15) is 21.6 Å². The highest BCUT2D eigenvalue weighted by Gasteiger charge is 2.13. The van der Waals surface area contributed by atoms with Crippen LogP contribution in [0.3, 0.4) is 0 Å². The van der Waals surface area contributed by atoms with Crippen molar-refractivity contribution in [3.05, 3.63) is 87.9 Å². The van der Waals surface area contributed by atoms with Crippen LogP contribution < -0.4 is 10.1 Å². The van der Waals surface area contributed by atoms with E-state index in [-0.39, 0.29) is 18.4 Å². The number of anilines is 1. The van der Waals surface area contributed by atoms with E-state index in [0.717, 1.165) is 11.1 Å². The van der Waals surface area contributed by atoms with Gasteiger partial charge in [0.15, 0.2) is 12.4 Å². The number of carbonyl (C=O) groups excluding carboxylic acids is 1. The van der Waals surface area contributed by atoms with E-state index in [1.807, 2.05) is 31.2 Å². The van der Waals surface area contributed by atoms with E-state index in [1.165, 1.54) is 4.68 Å². The Morgan fingerprint density at radius 1 is 1.06 bits per heavy atom. The molecule has 0 saturated carbocycles. The molecule has 1 amide bonds. The topological polar surface area (TPSA) is 86.9 Å². The van der Waals surface area contributed by atoms with Crippen LogP contribution in [-0.2, 0) is 13.3 Å². The molecule has 0 bridgehead atoms. The fourth-order valence-corrected chi connectivity index (χ4v) is 3.19. The monoisotopic (exact) mass is 456 g/mol. The molecule has 0 saturated heterocycles. The normalized spacial score (nSPS) is 10.8. The van der Waals surface area contributed by atoms with Crippen molar-refractivity contribution in [3.8, 4) is 5.75 Å². The van der Waals surface area contributed by atoms with E-state index in [4.69, 9.17) is 27.9 Å². The van der Waals surface area contributed by atoms with Gasteiger partial charge in [-0.05, 0) is 36.2 Å². The second-order valence-electron chi connectivity index (χ2n) is 6.71. The van der Waals surface area contributed by atoms with Crippen molar-refractivity contribution in [1.29, 1.82) is 0 Å². The maximum Gasteiger partial charge on any atom is 0.278 e. The lowest BCUT2D eigenvalue weighted by Crippen LogP contribution is -2.15. The van der Waals surface area contributed by atoms with Gasteiger partial charge in [-0.1, -0.05) is 53.5 Å². The summed E-state index contributed by atoms with van der Waals surface area (Å²) >= 11 is 12.1. The predicted molar refractivity (Wildman–Crippen MR) is 118 cm³/mol. The lowest BCUT2D eigenvalue weighted by atomic mass is 10.1. The largest absolute Gasteiger partial charge is 0.470 e. The minimum absolute atomic E-state index is 0.0661. The summed E-state index contributed by atoms with van der Waals surface area (Å²) < 4.78 is 8.74. The molecule has 0 aliphatic heterocycles. The zero-order valence-electron chi connectivity index (χ0n) is 16.5. The highest BCUT2D eigenvalue weighted by atomic mass is 35.5. The van der Waals surface area contributed by atoms with E-state index >= 15 is 0 Å². The number of rotatable bonds is 7. The summed E-state index contributed by atoms with van der Waals surface area (Å²) in [5.41, 5.74) is 2.50. The number of ether oxygens (including phenoxy) is 1. The van der Waals surface area contributed by atoms with Gasteiger partial charge in [0.2, 0.25) is 5.95 Å². The minimum atomic E-state index is -0.423. The van der Waals surface area contributed by atoms with Crippen LogP contribution in [0.4, 0.5) is 5.95 Å². The Morgan fingerprint density at radius 3 is 2.74 bits per heavy atom. The smallest absolute Gasteiger partial charge is 0.278 e. The van der Waals surface area contributed by atoms with Crippen LogP contribution >= 0.6 is 23.2 Å². The molecule has 1 N–H and O–H groups in total. The van der Waals surface area contributed by atoms with Gasteiger partial charge in [-0.15, -0.1) is 5.10 Å². The van der Waals surface area contributed by atoms with E-state index in [9.17, 15) is 4.79 Å². The van der Waals surface area contributed by atoms with Crippen LogP contribution in [0.2, 0.25) is 10.0 Å². The molecule has 0 fully saturated rings. The maximum absolute atomic E-state index is 12.5. The van der Waals surface area contributed by atoms with Gasteiger partial charge in [-0.25, -0.2) is 14.3 Å². The summed E-state index contributed by atoms with van der Waals surface area (Å²) in [6, 6.07) is 14.7. The number of benzene rings is 2. The van der Waals surface area contributed by atoms with Gasteiger partial charge in [-0.2, -0.15) is 5.10 Å². The molecule has 4 rings (SSSR count). The summed E-state index contributed by atoms with van der Waals surface area (Å²) in [5.74, 6) is 0.210. The first kappa shape index (κ1) is 20.9. The first-order valence-corrected chi connectivity index (χ1v) is 10.1. The summed E-state index contributed by atoms with van der Waals surface area (Å²) in [5, 5.41) is 11.9. The standard InChI is InChI=1S/C21H18Cl2N6O2/c1-14-5-2-3-6-15(14)11-29-12-24-21(27-29)25-20(30)17-9-10-28(26-17)13-31-18-8-4-7-16(22)19(18)23/h2-10,12H,11,13H2,1H3,(H,25,27,30). The Kier molecular flexibility index (Phi) is 6.20. The van der Waals surface area contributed by atoms with Crippen molar-refractivity contribution in [1.82, 2.24) is 24.5 Å². The van der Waals surface area contributed by atoms with E-state index in [1.54, 1.807) is 41.5 Å². The van der Waals surface area contributed by atoms with Gasteiger partial charge < -0.3 is 4.74 Å². The lowest BCUT2D eigenvalue weighted by molar-refractivity contribution is 0.101. The molecule has 4 aromatic rings. The van der Waals surface area contributed by atoms with Gasteiger partial charge in [-0.3, -0.25) is 10.1 Å². The van der Waals surface area contributed by atoms with Crippen LogP contribution in [0.5, 0.6) is 5.75 Å². The predicted octanol–water partition coefficient (Wildman–Crippen LogP) is 4.43. The lowest BCUT2D eigenvalue weighted by Gasteiger charge is -2.08. The number of halogens is 2. The molecule has 0 aliphatic carbocycles. The molecule has 2 heterocycles. The second kappa shape index (κ2) is 9.20. The van der Waals surface area contributed by atoms with Crippen molar-refractivity contribution in [3.63, 3.8) is 0 Å². The zero-order valence-corrected chi connectivity index (χ0v) is 18.0. The summed E-state index contributed by atoms with van der Waals surface area (Å²) in [7, 11) is 0. The average molecular weight is 457 g/mol. The molecule has 0 spiro atoms. The Balaban J connectivity index is 1.35. The molecular formula is C21H18Cl2N6O2. The first-order valence-electron chi connectivity index (χ1n) is 9.35. The molecule has 0 aliphatic rings. The molecule has 2 aromatic carbocycles. The number of nitrogens with zero attached hydrogens (tertiary/aromatic N) is 5. The molecule has 0 radical (unpaired) electrons. The van der Waals surface area contributed by atoms with E-state index in [2.05, 4.69) is 20.5 Å². The first-order chi connectivity index (χ1) is 15.0. The quantitative estimate of drug-likeness (QED) is 0.444. The number of aryl methyl sites for hydroxylation is 1. The third-order valence-corrected chi connectivity index (χ3v) is 5.30. The van der Waals surface area contributed by atoms with Gasteiger partial charge >= 0.3 is 0 Å². The maximum atomic E-state index is 12.5.